The first-order valence-corrected chi connectivity index (χ1v) is 5.22. The highest BCUT2D eigenvalue weighted by Gasteiger charge is 2.09. The fourth-order valence-corrected chi connectivity index (χ4v) is 2.22. The molecule has 0 unspecified atom stereocenters. The molecule has 0 atom stereocenters. The molecule has 0 aliphatic heterocycles. The lowest BCUT2D eigenvalue weighted by atomic mass is 10.2. The van der Waals surface area contributed by atoms with Crippen LogP contribution in [0.3, 0.4) is 0 Å². The summed E-state index contributed by atoms with van der Waals surface area (Å²) in [7, 11) is 1.37. The number of nitrogens with two attached hydrogens (primary N) is 1. The Kier molecular flexibility index (Phi) is 3.68. The maximum absolute atomic E-state index is 10.8. The van der Waals surface area contributed by atoms with Gasteiger partial charge in [0.15, 0.2) is 5.13 Å². The number of aromatic nitrogens is 1. The minimum Gasteiger partial charge on any atom is -0.469 e. The number of rotatable bonds is 3. The molecule has 1 aromatic heterocycles. The second-order valence-corrected chi connectivity index (χ2v) is 4.70. The summed E-state index contributed by atoms with van der Waals surface area (Å²) in [5, 5.41) is 0.506. The molecule has 13 heavy (non-hydrogen) atoms. The van der Waals surface area contributed by atoms with Gasteiger partial charge in [0.05, 0.1) is 23.0 Å². The first kappa shape index (κ1) is 10.5. The first-order valence-electron chi connectivity index (χ1n) is 3.61. The number of thiazole rings is 1. The smallest absolute Gasteiger partial charge is 0.305 e. The van der Waals surface area contributed by atoms with Gasteiger partial charge in [-0.15, -0.1) is 0 Å². The molecule has 1 aromatic rings. The number of carbonyl (C=O) groups excluding carboxylic acids is 1. The molecule has 0 fully saturated rings. The van der Waals surface area contributed by atoms with E-state index in [2.05, 4.69) is 25.7 Å². The molecule has 0 saturated carbocycles. The fourth-order valence-electron chi connectivity index (χ4n) is 0.827. The molecule has 4 nitrogen and oxygen atoms in total. The van der Waals surface area contributed by atoms with E-state index < -0.39 is 0 Å². The van der Waals surface area contributed by atoms with Gasteiger partial charge in [-0.3, -0.25) is 4.79 Å². The number of hydrogen-bond acceptors (Lipinski definition) is 5. The molecule has 0 aliphatic carbocycles. The van der Waals surface area contributed by atoms with Gasteiger partial charge in [0, 0.05) is 6.42 Å². The number of nitrogens with zero attached hydrogens (tertiary/aromatic N) is 1. The van der Waals surface area contributed by atoms with E-state index >= 15 is 0 Å². The van der Waals surface area contributed by atoms with Crippen molar-refractivity contribution in [2.75, 3.05) is 12.8 Å². The predicted octanol–water partition coefficient (Wildman–Crippen LogP) is 1.59. The minimum absolute atomic E-state index is 0.238. The van der Waals surface area contributed by atoms with Crippen LogP contribution in [0.4, 0.5) is 5.13 Å². The number of carbonyl (C=O) groups is 1. The van der Waals surface area contributed by atoms with Gasteiger partial charge >= 0.3 is 5.97 Å². The third-order valence-electron chi connectivity index (χ3n) is 1.46. The Morgan fingerprint density at radius 3 is 2.92 bits per heavy atom. The highest BCUT2D eigenvalue weighted by Crippen LogP contribution is 2.27. The third-order valence-corrected chi connectivity index (χ3v) is 3.12. The number of halogens is 1. The van der Waals surface area contributed by atoms with E-state index in [1.807, 2.05) is 0 Å². The largest absolute Gasteiger partial charge is 0.469 e. The molecule has 1 heterocycles. The maximum Gasteiger partial charge on any atom is 0.305 e. The number of nitrogen functional groups attached to an aromatic ring is 1. The van der Waals surface area contributed by atoms with Crippen molar-refractivity contribution in [2.24, 2.45) is 0 Å². The van der Waals surface area contributed by atoms with Gasteiger partial charge in [0.1, 0.15) is 0 Å². The van der Waals surface area contributed by atoms with E-state index in [-0.39, 0.29) is 5.97 Å². The van der Waals surface area contributed by atoms with E-state index in [4.69, 9.17) is 5.73 Å². The number of esters is 1. The molecule has 0 aromatic carbocycles. The second kappa shape index (κ2) is 4.57. The van der Waals surface area contributed by atoms with Crippen LogP contribution in [0.25, 0.3) is 0 Å². The SMILES string of the molecule is COC(=O)CCc1nc(N)sc1Br. The van der Waals surface area contributed by atoms with Crippen LogP contribution in [0, 0.1) is 0 Å². The Labute approximate surface area is 88.2 Å². The quantitative estimate of drug-likeness (QED) is 0.843. The lowest BCUT2D eigenvalue weighted by Crippen LogP contribution is -2.02. The highest BCUT2D eigenvalue weighted by molar-refractivity contribution is 9.11. The van der Waals surface area contributed by atoms with Crippen molar-refractivity contribution in [3.05, 3.63) is 9.48 Å². The average molecular weight is 265 g/mol. The topological polar surface area (TPSA) is 65.2 Å². The molecular weight excluding hydrogens is 256 g/mol. The summed E-state index contributed by atoms with van der Waals surface area (Å²) in [4.78, 5) is 14.9. The van der Waals surface area contributed by atoms with Gasteiger partial charge in [-0.1, -0.05) is 11.3 Å². The van der Waals surface area contributed by atoms with Crippen molar-refractivity contribution in [1.29, 1.82) is 0 Å². The number of methoxy groups -OCH3 is 1. The van der Waals surface area contributed by atoms with E-state index in [0.717, 1.165) is 9.48 Å². The maximum atomic E-state index is 10.8. The van der Waals surface area contributed by atoms with Crippen LogP contribution in [0.15, 0.2) is 3.79 Å². The van der Waals surface area contributed by atoms with Crippen molar-refractivity contribution in [3.8, 4) is 0 Å². The second-order valence-electron chi connectivity index (χ2n) is 2.35. The average Bonchev–Trinajstić information content (AvgIpc) is 2.41. The Morgan fingerprint density at radius 2 is 2.46 bits per heavy atom. The minimum atomic E-state index is -0.238. The van der Waals surface area contributed by atoms with Gasteiger partial charge in [-0.25, -0.2) is 4.98 Å². The zero-order valence-corrected chi connectivity index (χ0v) is 9.44. The Hall–Kier alpha value is -0.620. The summed E-state index contributed by atoms with van der Waals surface area (Å²) in [5.74, 6) is -0.238. The summed E-state index contributed by atoms with van der Waals surface area (Å²) in [6.07, 6.45) is 0.888. The van der Waals surface area contributed by atoms with Gasteiger partial charge in [-0.2, -0.15) is 0 Å². The molecule has 0 bridgehead atoms. The molecule has 0 spiro atoms. The first-order chi connectivity index (χ1) is 6.13. The molecule has 1 rings (SSSR count). The third kappa shape index (κ3) is 2.96. The number of hydrogen-bond donors (Lipinski definition) is 1. The van der Waals surface area contributed by atoms with Crippen molar-refractivity contribution in [3.63, 3.8) is 0 Å². The monoisotopic (exact) mass is 264 g/mol. The summed E-state index contributed by atoms with van der Waals surface area (Å²) < 4.78 is 5.39. The van der Waals surface area contributed by atoms with Crippen molar-refractivity contribution >= 4 is 38.4 Å². The van der Waals surface area contributed by atoms with Crippen molar-refractivity contribution < 1.29 is 9.53 Å². The van der Waals surface area contributed by atoms with E-state index in [1.54, 1.807) is 0 Å². The number of aryl methyl sites for hydroxylation is 1. The van der Waals surface area contributed by atoms with Crippen LogP contribution in [0.2, 0.25) is 0 Å². The van der Waals surface area contributed by atoms with Crippen LogP contribution < -0.4 is 5.73 Å². The standard InChI is InChI=1S/C7H9BrN2O2S/c1-12-5(11)3-2-4-6(8)13-7(9)10-4/h2-3H2,1H3,(H2,9,10). The summed E-state index contributed by atoms with van der Waals surface area (Å²) in [6, 6.07) is 0. The zero-order valence-electron chi connectivity index (χ0n) is 7.04. The summed E-state index contributed by atoms with van der Waals surface area (Å²) in [6.45, 7) is 0. The van der Waals surface area contributed by atoms with Crippen molar-refractivity contribution in [2.45, 2.75) is 12.8 Å². The fraction of sp³-hybridized carbons (Fsp3) is 0.429. The van der Waals surface area contributed by atoms with E-state index in [9.17, 15) is 4.79 Å². The van der Waals surface area contributed by atoms with Crippen LogP contribution in [0.1, 0.15) is 12.1 Å². The summed E-state index contributed by atoms with van der Waals surface area (Å²) in [5.41, 5.74) is 6.29. The van der Waals surface area contributed by atoms with Gasteiger partial charge in [0.25, 0.3) is 0 Å². The summed E-state index contributed by atoms with van der Waals surface area (Å²) >= 11 is 4.67. The molecule has 0 radical (unpaired) electrons. The predicted molar refractivity (Wildman–Crippen MR) is 54.6 cm³/mol. The van der Waals surface area contributed by atoms with Crippen LogP contribution in [-0.4, -0.2) is 18.1 Å². The Bertz CT molecular complexity index is 313. The van der Waals surface area contributed by atoms with Gasteiger partial charge in [0.2, 0.25) is 0 Å². The number of anilines is 1. The van der Waals surface area contributed by atoms with Crippen molar-refractivity contribution in [1.82, 2.24) is 4.98 Å². The molecular formula is C7H9BrN2O2S. The molecule has 0 amide bonds. The molecule has 72 valence electrons. The Morgan fingerprint density at radius 1 is 1.77 bits per heavy atom. The normalized spacial score (nSPS) is 10.0. The molecule has 6 heteroatoms. The molecule has 0 saturated heterocycles. The lowest BCUT2D eigenvalue weighted by molar-refractivity contribution is -0.140. The lowest BCUT2D eigenvalue weighted by Gasteiger charge is -1.96. The van der Waals surface area contributed by atoms with Crippen LogP contribution in [-0.2, 0) is 16.0 Å². The van der Waals surface area contributed by atoms with Gasteiger partial charge in [-0.05, 0) is 15.9 Å². The van der Waals surface area contributed by atoms with E-state index in [1.165, 1.54) is 18.4 Å². The molecule has 2 N–H and O–H groups in total. The Balaban J connectivity index is 2.54. The van der Waals surface area contributed by atoms with Crippen LogP contribution >= 0.6 is 27.3 Å². The number of ether oxygens (including phenoxy) is 1. The molecule has 0 aliphatic rings. The van der Waals surface area contributed by atoms with Gasteiger partial charge < -0.3 is 10.5 Å². The zero-order chi connectivity index (χ0) is 9.84. The van der Waals surface area contributed by atoms with E-state index in [0.29, 0.717) is 18.0 Å². The highest BCUT2D eigenvalue weighted by atomic mass is 79.9. The van der Waals surface area contributed by atoms with Crippen LogP contribution in [0.5, 0.6) is 0 Å².